The summed E-state index contributed by atoms with van der Waals surface area (Å²) in [4.78, 5) is 11.8. The van der Waals surface area contributed by atoms with Crippen LogP contribution in [0.3, 0.4) is 0 Å². The number of hydrogen-bond donors (Lipinski definition) is 1. The summed E-state index contributed by atoms with van der Waals surface area (Å²) in [5.74, 6) is 0.298. The largest absolute Gasteiger partial charge is 0.508 e. The number of Topliss-reactive ketones (excluding diaryl/α,β-unsaturated/α-hetero) is 1. The number of carbonyl (C=O) groups is 1. The van der Waals surface area contributed by atoms with Gasteiger partial charge in [-0.3, -0.25) is 4.79 Å². The van der Waals surface area contributed by atoms with Crippen molar-refractivity contribution in [2.75, 3.05) is 0 Å². The van der Waals surface area contributed by atoms with Gasteiger partial charge in [-0.1, -0.05) is 48.5 Å². The van der Waals surface area contributed by atoms with Crippen molar-refractivity contribution in [3.8, 4) is 5.75 Å². The van der Waals surface area contributed by atoms with Gasteiger partial charge in [0.2, 0.25) is 0 Å². The van der Waals surface area contributed by atoms with Crippen LogP contribution in [0.25, 0.3) is 0 Å². The molecule has 0 aliphatic rings. The maximum absolute atomic E-state index is 11.8. The molecule has 0 aromatic heterocycles. The van der Waals surface area contributed by atoms with E-state index in [1.54, 1.807) is 18.2 Å². The number of carbonyl (C=O) groups excluding carboxylic acids is 1. The lowest BCUT2D eigenvalue weighted by molar-refractivity contribution is -0.117. The van der Waals surface area contributed by atoms with E-state index in [1.165, 1.54) is 0 Å². The van der Waals surface area contributed by atoms with E-state index in [0.717, 1.165) is 5.56 Å². The average molecular weight is 226 g/mol. The molecule has 1 N–H and O–H groups in total. The number of para-hydroxylation sites is 1. The predicted molar refractivity (Wildman–Crippen MR) is 67.0 cm³/mol. The zero-order valence-corrected chi connectivity index (χ0v) is 9.47. The minimum absolute atomic E-state index is 0.109. The molecule has 2 aromatic rings. The van der Waals surface area contributed by atoms with Gasteiger partial charge in [-0.05, 0) is 11.6 Å². The van der Waals surface area contributed by atoms with E-state index >= 15 is 0 Å². The highest BCUT2D eigenvalue weighted by Crippen LogP contribution is 2.17. The Kier molecular flexibility index (Phi) is 3.55. The monoisotopic (exact) mass is 226 g/mol. The van der Waals surface area contributed by atoms with Crippen LogP contribution in [0.15, 0.2) is 54.6 Å². The van der Waals surface area contributed by atoms with Crippen LogP contribution < -0.4 is 0 Å². The molecule has 0 fully saturated rings. The molecule has 0 atom stereocenters. The topological polar surface area (TPSA) is 37.3 Å². The van der Waals surface area contributed by atoms with Crippen molar-refractivity contribution in [3.63, 3.8) is 0 Å². The van der Waals surface area contributed by atoms with Crippen molar-refractivity contribution in [2.24, 2.45) is 0 Å². The van der Waals surface area contributed by atoms with E-state index < -0.39 is 0 Å². The first kappa shape index (κ1) is 11.4. The molecule has 0 unspecified atom stereocenters. The molecule has 0 aliphatic carbocycles. The van der Waals surface area contributed by atoms with Crippen molar-refractivity contribution >= 4 is 5.78 Å². The zero-order chi connectivity index (χ0) is 12.1. The maximum Gasteiger partial charge on any atom is 0.141 e. The van der Waals surface area contributed by atoms with Gasteiger partial charge >= 0.3 is 0 Å². The number of phenolic OH excluding ortho intramolecular Hbond substituents is 1. The van der Waals surface area contributed by atoms with Gasteiger partial charge in [-0.25, -0.2) is 0 Å². The molecule has 0 heterocycles. The van der Waals surface area contributed by atoms with Crippen molar-refractivity contribution in [1.29, 1.82) is 0 Å². The summed E-state index contributed by atoms with van der Waals surface area (Å²) in [5, 5.41) is 9.57. The van der Waals surface area contributed by atoms with E-state index in [-0.39, 0.29) is 18.0 Å². The molecule has 2 nitrogen and oxygen atoms in total. The predicted octanol–water partition coefficient (Wildman–Crippen LogP) is 2.75. The van der Waals surface area contributed by atoms with Gasteiger partial charge < -0.3 is 5.11 Å². The van der Waals surface area contributed by atoms with Gasteiger partial charge in [0.15, 0.2) is 0 Å². The third kappa shape index (κ3) is 3.18. The van der Waals surface area contributed by atoms with Crippen LogP contribution in [0.2, 0.25) is 0 Å². The molecule has 2 heteroatoms. The van der Waals surface area contributed by atoms with Crippen LogP contribution in [0.5, 0.6) is 5.75 Å². The minimum Gasteiger partial charge on any atom is -0.508 e. The Morgan fingerprint density at radius 3 is 2.24 bits per heavy atom. The SMILES string of the molecule is O=C(Cc1ccccc1)Cc1ccccc1O. The van der Waals surface area contributed by atoms with E-state index in [4.69, 9.17) is 0 Å². The first-order chi connectivity index (χ1) is 8.25. The lowest BCUT2D eigenvalue weighted by Crippen LogP contribution is -2.06. The van der Waals surface area contributed by atoms with Crippen LogP contribution >= 0.6 is 0 Å². The lowest BCUT2D eigenvalue weighted by Gasteiger charge is -2.03. The molecule has 0 bridgehead atoms. The highest BCUT2D eigenvalue weighted by molar-refractivity contribution is 5.83. The molecular weight excluding hydrogens is 212 g/mol. The van der Waals surface area contributed by atoms with Crippen molar-refractivity contribution < 1.29 is 9.90 Å². The normalized spacial score (nSPS) is 10.1. The Bertz CT molecular complexity index is 503. The van der Waals surface area contributed by atoms with Gasteiger partial charge in [-0.2, -0.15) is 0 Å². The van der Waals surface area contributed by atoms with E-state index in [0.29, 0.717) is 12.0 Å². The molecule has 0 saturated heterocycles. The van der Waals surface area contributed by atoms with Crippen LogP contribution in [0.1, 0.15) is 11.1 Å². The van der Waals surface area contributed by atoms with Crippen molar-refractivity contribution in [1.82, 2.24) is 0 Å². The summed E-state index contributed by atoms with van der Waals surface area (Å²) in [7, 11) is 0. The fraction of sp³-hybridized carbons (Fsp3) is 0.133. The van der Waals surface area contributed by atoms with Crippen molar-refractivity contribution in [3.05, 3.63) is 65.7 Å². The Balaban J connectivity index is 2.01. The van der Waals surface area contributed by atoms with Crippen LogP contribution in [-0.4, -0.2) is 10.9 Å². The Hall–Kier alpha value is -2.09. The number of aromatic hydroxyl groups is 1. The van der Waals surface area contributed by atoms with Gasteiger partial charge in [0.05, 0.1) is 0 Å². The number of benzene rings is 2. The second-order valence-corrected chi connectivity index (χ2v) is 4.01. The van der Waals surface area contributed by atoms with Crippen LogP contribution in [0, 0.1) is 0 Å². The number of hydrogen-bond acceptors (Lipinski definition) is 2. The van der Waals surface area contributed by atoms with E-state index in [9.17, 15) is 9.90 Å². The Morgan fingerprint density at radius 1 is 0.882 bits per heavy atom. The number of ketones is 1. The molecule has 0 saturated carbocycles. The number of rotatable bonds is 4. The van der Waals surface area contributed by atoms with Crippen LogP contribution in [0.4, 0.5) is 0 Å². The van der Waals surface area contributed by atoms with Crippen LogP contribution in [-0.2, 0) is 17.6 Å². The first-order valence-corrected chi connectivity index (χ1v) is 5.58. The molecule has 0 radical (unpaired) electrons. The third-order valence-corrected chi connectivity index (χ3v) is 2.62. The van der Waals surface area contributed by atoms with Gasteiger partial charge in [0.1, 0.15) is 11.5 Å². The van der Waals surface area contributed by atoms with Gasteiger partial charge in [-0.15, -0.1) is 0 Å². The highest BCUT2D eigenvalue weighted by atomic mass is 16.3. The van der Waals surface area contributed by atoms with E-state index in [1.807, 2.05) is 36.4 Å². The Morgan fingerprint density at radius 2 is 1.53 bits per heavy atom. The van der Waals surface area contributed by atoms with Gasteiger partial charge in [0.25, 0.3) is 0 Å². The second-order valence-electron chi connectivity index (χ2n) is 4.01. The Labute approximate surface area is 101 Å². The molecule has 0 amide bonds. The fourth-order valence-corrected chi connectivity index (χ4v) is 1.76. The van der Waals surface area contributed by atoms with Crippen molar-refractivity contribution in [2.45, 2.75) is 12.8 Å². The highest BCUT2D eigenvalue weighted by Gasteiger charge is 2.07. The maximum atomic E-state index is 11.8. The summed E-state index contributed by atoms with van der Waals surface area (Å²) >= 11 is 0. The van der Waals surface area contributed by atoms with E-state index in [2.05, 4.69) is 0 Å². The summed E-state index contributed by atoms with van der Waals surface area (Å²) < 4.78 is 0. The summed E-state index contributed by atoms with van der Waals surface area (Å²) in [6.45, 7) is 0. The average Bonchev–Trinajstić information content (AvgIpc) is 2.33. The molecule has 0 aliphatic heterocycles. The smallest absolute Gasteiger partial charge is 0.141 e. The lowest BCUT2D eigenvalue weighted by atomic mass is 10.0. The molecule has 86 valence electrons. The molecule has 0 spiro atoms. The summed E-state index contributed by atoms with van der Waals surface area (Å²) in [5.41, 5.74) is 1.70. The standard InChI is InChI=1S/C15H14O2/c16-14(10-12-6-2-1-3-7-12)11-13-8-4-5-9-15(13)17/h1-9,17H,10-11H2. The minimum atomic E-state index is 0.109. The van der Waals surface area contributed by atoms with Gasteiger partial charge in [0, 0.05) is 18.4 Å². The fourth-order valence-electron chi connectivity index (χ4n) is 1.76. The molecule has 2 aromatic carbocycles. The second kappa shape index (κ2) is 5.30. The molecule has 2 rings (SSSR count). The number of phenols is 1. The first-order valence-electron chi connectivity index (χ1n) is 5.58. The molecular formula is C15H14O2. The molecule has 17 heavy (non-hydrogen) atoms. The summed E-state index contributed by atoms with van der Waals surface area (Å²) in [6.07, 6.45) is 0.691. The quantitative estimate of drug-likeness (QED) is 0.870. The summed E-state index contributed by atoms with van der Waals surface area (Å²) in [6, 6.07) is 16.6. The zero-order valence-electron chi connectivity index (χ0n) is 9.47. The third-order valence-electron chi connectivity index (χ3n) is 2.62.